The van der Waals surface area contributed by atoms with Gasteiger partial charge in [-0.15, -0.1) is 0 Å². The smallest absolute Gasteiger partial charge is 0.253 e. The maximum atomic E-state index is 12.7. The Hall–Kier alpha value is -3.21. The molecule has 1 aliphatic heterocycles. The van der Waals surface area contributed by atoms with Crippen LogP contribution < -0.4 is 0 Å². The highest BCUT2D eigenvalue weighted by atomic mass is 16.5. The number of carbonyl (C=O) groups is 1. The number of piperidine rings is 1. The molecule has 5 heteroatoms. The van der Waals surface area contributed by atoms with Crippen molar-refractivity contribution in [2.45, 2.75) is 19.3 Å². The van der Waals surface area contributed by atoms with E-state index < -0.39 is 0 Å². The molecule has 0 atom stereocenters. The highest BCUT2D eigenvalue weighted by Gasteiger charge is 2.19. The van der Waals surface area contributed by atoms with Crippen LogP contribution in [-0.4, -0.2) is 34.0 Å². The molecule has 5 nitrogen and oxygen atoms in total. The first-order valence-electron chi connectivity index (χ1n) is 9.26. The fraction of sp³-hybridized carbons (Fsp3) is 0.227. The quantitative estimate of drug-likeness (QED) is 0.686. The summed E-state index contributed by atoms with van der Waals surface area (Å²) in [5.41, 5.74) is 2.51. The van der Waals surface area contributed by atoms with Crippen molar-refractivity contribution in [3.8, 4) is 11.4 Å². The summed E-state index contributed by atoms with van der Waals surface area (Å²) in [6.45, 7) is 1.67. The Balaban J connectivity index is 1.51. The summed E-state index contributed by atoms with van der Waals surface area (Å²) >= 11 is 0. The van der Waals surface area contributed by atoms with E-state index in [9.17, 15) is 4.79 Å². The van der Waals surface area contributed by atoms with Crippen LogP contribution in [0.4, 0.5) is 0 Å². The Morgan fingerprint density at radius 2 is 1.78 bits per heavy atom. The molecule has 4 rings (SSSR count). The van der Waals surface area contributed by atoms with Crippen molar-refractivity contribution in [1.29, 1.82) is 0 Å². The van der Waals surface area contributed by atoms with Crippen molar-refractivity contribution in [2.24, 2.45) is 0 Å². The van der Waals surface area contributed by atoms with Gasteiger partial charge in [-0.05, 0) is 43.0 Å². The minimum Gasteiger partial charge on any atom is -0.339 e. The van der Waals surface area contributed by atoms with Gasteiger partial charge in [0, 0.05) is 30.3 Å². The van der Waals surface area contributed by atoms with E-state index >= 15 is 0 Å². The third kappa shape index (κ3) is 4.14. The zero-order valence-corrected chi connectivity index (χ0v) is 15.0. The lowest BCUT2D eigenvalue weighted by Gasteiger charge is -2.26. The predicted molar refractivity (Wildman–Crippen MR) is 105 cm³/mol. The van der Waals surface area contributed by atoms with Crippen LogP contribution in [0, 0.1) is 0 Å². The highest BCUT2D eigenvalue weighted by Crippen LogP contribution is 2.20. The molecule has 3 aromatic rings. The molecule has 0 radical (unpaired) electrons. The third-order valence-corrected chi connectivity index (χ3v) is 4.67. The standard InChI is InChI=1S/C22H21N3O2/c26-22(25-14-5-2-6-15-25)19-11-7-10-18(16-19)21-23-20(27-24-21)13-12-17-8-3-1-4-9-17/h1,3-4,7-13,16H,2,5-6,14-15H2. The van der Waals surface area contributed by atoms with Gasteiger partial charge in [0.25, 0.3) is 11.8 Å². The molecule has 0 unspecified atom stereocenters. The second-order valence-electron chi connectivity index (χ2n) is 6.63. The van der Waals surface area contributed by atoms with Gasteiger partial charge in [-0.3, -0.25) is 4.79 Å². The molecule has 2 aromatic carbocycles. The van der Waals surface area contributed by atoms with Gasteiger partial charge in [0.1, 0.15) is 0 Å². The molecule has 2 heterocycles. The van der Waals surface area contributed by atoms with Crippen molar-refractivity contribution in [1.82, 2.24) is 15.0 Å². The number of amides is 1. The topological polar surface area (TPSA) is 59.2 Å². The third-order valence-electron chi connectivity index (χ3n) is 4.67. The zero-order valence-electron chi connectivity index (χ0n) is 15.0. The number of nitrogens with zero attached hydrogens (tertiary/aromatic N) is 3. The van der Waals surface area contributed by atoms with E-state index in [-0.39, 0.29) is 5.91 Å². The molecule has 0 spiro atoms. The lowest BCUT2D eigenvalue weighted by atomic mass is 10.1. The number of hydrogen-bond donors (Lipinski definition) is 0. The predicted octanol–water partition coefficient (Wildman–Crippen LogP) is 4.53. The van der Waals surface area contributed by atoms with Gasteiger partial charge in [0.15, 0.2) is 0 Å². The average molecular weight is 359 g/mol. The highest BCUT2D eigenvalue weighted by molar-refractivity contribution is 5.95. The van der Waals surface area contributed by atoms with E-state index in [0.717, 1.165) is 37.1 Å². The minimum absolute atomic E-state index is 0.0734. The normalized spacial score (nSPS) is 14.6. The number of likely N-dealkylation sites (tertiary alicyclic amines) is 1. The number of rotatable bonds is 4. The van der Waals surface area contributed by atoms with E-state index in [4.69, 9.17) is 4.52 Å². The summed E-state index contributed by atoms with van der Waals surface area (Å²) < 4.78 is 5.31. The lowest BCUT2D eigenvalue weighted by molar-refractivity contribution is 0.0724. The van der Waals surface area contributed by atoms with Crippen LogP contribution in [0.5, 0.6) is 0 Å². The van der Waals surface area contributed by atoms with Gasteiger partial charge in [-0.1, -0.05) is 47.6 Å². The van der Waals surface area contributed by atoms with Gasteiger partial charge in [-0.2, -0.15) is 4.98 Å². The van der Waals surface area contributed by atoms with Crippen LogP contribution in [0.25, 0.3) is 23.5 Å². The SMILES string of the molecule is O=C(c1cccc(-c2noc(C=Cc3ccccc3)n2)c1)N1CCCCC1. The van der Waals surface area contributed by atoms with Crippen LogP contribution >= 0.6 is 0 Å². The molecule has 1 amide bonds. The van der Waals surface area contributed by atoms with Crippen LogP contribution in [0.15, 0.2) is 59.1 Å². The van der Waals surface area contributed by atoms with Crippen molar-refractivity contribution in [3.05, 3.63) is 71.6 Å². The van der Waals surface area contributed by atoms with Gasteiger partial charge >= 0.3 is 0 Å². The maximum absolute atomic E-state index is 12.7. The summed E-state index contributed by atoms with van der Waals surface area (Å²) in [5.74, 6) is 0.988. The van der Waals surface area contributed by atoms with Crippen molar-refractivity contribution >= 4 is 18.1 Å². The number of aromatic nitrogens is 2. The maximum Gasteiger partial charge on any atom is 0.253 e. The summed E-state index contributed by atoms with van der Waals surface area (Å²) in [6, 6.07) is 17.4. The molecule has 136 valence electrons. The van der Waals surface area contributed by atoms with Crippen LogP contribution in [0.2, 0.25) is 0 Å². The fourth-order valence-electron chi connectivity index (χ4n) is 3.22. The average Bonchev–Trinajstić information content (AvgIpc) is 3.22. The molecule has 27 heavy (non-hydrogen) atoms. The Morgan fingerprint density at radius 1 is 0.963 bits per heavy atom. The zero-order chi connectivity index (χ0) is 18.5. The molecule has 1 fully saturated rings. The van der Waals surface area contributed by atoms with Crippen molar-refractivity contribution in [2.75, 3.05) is 13.1 Å². The Kier molecular flexibility index (Phi) is 5.10. The molecule has 0 bridgehead atoms. The van der Waals surface area contributed by atoms with E-state index in [1.807, 2.05) is 65.6 Å². The number of carbonyl (C=O) groups excluding carboxylic acids is 1. The molecular formula is C22H21N3O2. The lowest BCUT2D eigenvalue weighted by Crippen LogP contribution is -2.35. The molecule has 1 saturated heterocycles. The van der Waals surface area contributed by atoms with E-state index in [2.05, 4.69) is 10.1 Å². The second kappa shape index (κ2) is 7.99. The number of benzene rings is 2. The van der Waals surface area contributed by atoms with Gasteiger partial charge < -0.3 is 9.42 Å². The largest absolute Gasteiger partial charge is 0.339 e. The van der Waals surface area contributed by atoms with Crippen LogP contribution in [0.3, 0.4) is 0 Å². The van der Waals surface area contributed by atoms with Gasteiger partial charge in [0.2, 0.25) is 5.82 Å². The summed E-state index contributed by atoms with van der Waals surface area (Å²) in [4.78, 5) is 19.0. The molecule has 1 aromatic heterocycles. The molecular weight excluding hydrogens is 338 g/mol. The van der Waals surface area contributed by atoms with Crippen LogP contribution in [0.1, 0.15) is 41.1 Å². The Labute approximate surface area is 158 Å². The fourth-order valence-corrected chi connectivity index (χ4v) is 3.22. The van der Waals surface area contributed by atoms with Gasteiger partial charge in [-0.25, -0.2) is 0 Å². The Morgan fingerprint density at radius 3 is 2.59 bits per heavy atom. The summed E-state index contributed by atoms with van der Waals surface area (Å²) in [6.07, 6.45) is 7.06. The van der Waals surface area contributed by atoms with E-state index in [0.29, 0.717) is 17.3 Å². The van der Waals surface area contributed by atoms with E-state index in [1.54, 1.807) is 6.08 Å². The minimum atomic E-state index is 0.0734. The van der Waals surface area contributed by atoms with Crippen LogP contribution in [-0.2, 0) is 0 Å². The first-order chi connectivity index (χ1) is 13.3. The summed E-state index contributed by atoms with van der Waals surface area (Å²) in [5, 5.41) is 4.05. The monoisotopic (exact) mass is 359 g/mol. The second-order valence-corrected chi connectivity index (χ2v) is 6.63. The molecule has 0 saturated carbocycles. The van der Waals surface area contributed by atoms with E-state index in [1.165, 1.54) is 6.42 Å². The summed E-state index contributed by atoms with van der Waals surface area (Å²) in [7, 11) is 0. The molecule has 1 aliphatic rings. The first kappa shape index (κ1) is 17.2. The first-order valence-corrected chi connectivity index (χ1v) is 9.26. The molecule has 0 N–H and O–H groups in total. The van der Waals surface area contributed by atoms with Gasteiger partial charge in [0.05, 0.1) is 0 Å². The van der Waals surface area contributed by atoms with Crippen molar-refractivity contribution in [3.63, 3.8) is 0 Å². The molecule has 0 aliphatic carbocycles. The Bertz CT molecular complexity index is 941. The number of hydrogen-bond acceptors (Lipinski definition) is 4. The van der Waals surface area contributed by atoms with Crippen molar-refractivity contribution < 1.29 is 9.32 Å².